The van der Waals surface area contributed by atoms with Crippen LogP contribution in [0.1, 0.15) is 51.4 Å². The fourth-order valence-corrected chi connectivity index (χ4v) is 3.49. The largest absolute Gasteiger partial charge is 0.352 e. The standard InChI is InChI=1S/C15H26N2O3.ClH/c18-14(13-6-5-9-16-13)17-10-12-11-19-15(20-12)7-3-1-2-4-8-15;/h12-13,16H,1-11H2,(H,17,18);1H. The molecule has 0 radical (unpaired) electrons. The third-order valence-electron chi connectivity index (χ3n) is 4.66. The second-order valence-corrected chi connectivity index (χ2v) is 6.27. The molecule has 1 aliphatic carbocycles. The fraction of sp³-hybridized carbons (Fsp3) is 0.933. The summed E-state index contributed by atoms with van der Waals surface area (Å²) in [6.07, 6.45) is 8.98. The highest BCUT2D eigenvalue weighted by atomic mass is 35.5. The van der Waals surface area contributed by atoms with E-state index in [9.17, 15) is 4.79 Å². The van der Waals surface area contributed by atoms with Crippen LogP contribution in [0.15, 0.2) is 0 Å². The predicted molar refractivity (Wildman–Crippen MR) is 82.5 cm³/mol. The van der Waals surface area contributed by atoms with E-state index in [1.54, 1.807) is 0 Å². The number of carbonyl (C=O) groups is 1. The summed E-state index contributed by atoms with van der Waals surface area (Å²) in [5.74, 6) is -0.245. The maximum atomic E-state index is 12.0. The smallest absolute Gasteiger partial charge is 0.237 e. The summed E-state index contributed by atoms with van der Waals surface area (Å²) in [6, 6.07) is -0.0100. The van der Waals surface area contributed by atoms with Crippen molar-refractivity contribution in [2.45, 2.75) is 69.3 Å². The summed E-state index contributed by atoms with van der Waals surface area (Å²) in [4.78, 5) is 12.0. The molecular formula is C15H27ClN2O3. The number of hydrogen-bond donors (Lipinski definition) is 2. The number of nitrogens with one attached hydrogen (secondary N) is 2. The van der Waals surface area contributed by atoms with E-state index in [0.717, 1.165) is 32.2 Å². The molecule has 6 heteroatoms. The van der Waals surface area contributed by atoms with Gasteiger partial charge in [0.15, 0.2) is 5.79 Å². The van der Waals surface area contributed by atoms with Crippen molar-refractivity contribution in [3.8, 4) is 0 Å². The molecule has 0 aromatic rings. The van der Waals surface area contributed by atoms with E-state index >= 15 is 0 Å². The Morgan fingerprint density at radius 3 is 2.62 bits per heavy atom. The maximum absolute atomic E-state index is 12.0. The monoisotopic (exact) mass is 318 g/mol. The molecule has 3 fully saturated rings. The summed E-state index contributed by atoms with van der Waals surface area (Å²) < 4.78 is 12.1. The van der Waals surface area contributed by atoms with Crippen LogP contribution >= 0.6 is 12.4 Å². The number of rotatable bonds is 3. The number of halogens is 1. The van der Waals surface area contributed by atoms with Gasteiger partial charge in [0, 0.05) is 19.4 Å². The second kappa shape index (κ2) is 7.77. The van der Waals surface area contributed by atoms with Crippen molar-refractivity contribution in [1.82, 2.24) is 10.6 Å². The highest BCUT2D eigenvalue weighted by Gasteiger charge is 2.41. The predicted octanol–water partition coefficient (Wildman–Crippen LogP) is 1.74. The van der Waals surface area contributed by atoms with Crippen LogP contribution in [0, 0.1) is 0 Å². The molecule has 2 saturated heterocycles. The Morgan fingerprint density at radius 2 is 1.95 bits per heavy atom. The Kier molecular flexibility index (Phi) is 6.29. The van der Waals surface area contributed by atoms with Crippen LogP contribution in [0.5, 0.6) is 0 Å². The summed E-state index contributed by atoms with van der Waals surface area (Å²) in [6.45, 7) is 2.13. The molecular weight excluding hydrogens is 292 g/mol. The third-order valence-corrected chi connectivity index (χ3v) is 4.66. The number of amides is 1. The van der Waals surface area contributed by atoms with Crippen LogP contribution in [0.4, 0.5) is 0 Å². The van der Waals surface area contributed by atoms with E-state index in [4.69, 9.17) is 9.47 Å². The summed E-state index contributed by atoms with van der Waals surface area (Å²) in [5, 5.41) is 6.21. The van der Waals surface area contributed by atoms with Gasteiger partial charge in [-0.2, -0.15) is 0 Å². The van der Waals surface area contributed by atoms with Crippen molar-refractivity contribution in [3.63, 3.8) is 0 Å². The van der Waals surface area contributed by atoms with Crippen LogP contribution in [0.2, 0.25) is 0 Å². The van der Waals surface area contributed by atoms with Gasteiger partial charge in [-0.25, -0.2) is 0 Å². The van der Waals surface area contributed by atoms with E-state index in [0.29, 0.717) is 13.2 Å². The van der Waals surface area contributed by atoms with E-state index in [-0.39, 0.29) is 36.2 Å². The zero-order chi connectivity index (χ0) is 13.8. The first-order valence-corrected chi connectivity index (χ1v) is 8.10. The van der Waals surface area contributed by atoms with Crippen LogP contribution in [-0.2, 0) is 14.3 Å². The molecule has 21 heavy (non-hydrogen) atoms. The SMILES string of the molecule is Cl.O=C(NCC1COC2(CCCCCC2)O1)C1CCCN1. The highest BCUT2D eigenvalue weighted by molar-refractivity contribution is 5.85. The van der Waals surface area contributed by atoms with E-state index in [1.165, 1.54) is 25.7 Å². The molecule has 0 aromatic carbocycles. The van der Waals surface area contributed by atoms with E-state index in [2.05, 4.69) is 10.6 Å². The van der Waals surface area contributed by atoms with Crippen molar-refractivity contribution >= 4 is 18.3 Å². The molecule has 2 atom stereocenters. The van der Waals surface area contributed by atoms with Crippen molar-refractivity contribution in [2.75, 3.05) is 19.7 Å². The highest BCUT2D eigenvalue weighted by Crippen LogP contribution is 2.36. The van der Waals surface area contributed by atoms with E-state index < -0.39 is 0 Å². The topological polar surface area (TPSA) is 59.6 Å². The quantitative estimate of drug-likeness (QED) is 0.832. The summed E-state index contributed by atoms with van der Waals surface area (Å²) in [7, 11) is 0. The van der Waals surface area contributed by atoms with Gasteiger partial charge in [0.25, 0.3) is 0 Å². The van der Waals surface area contributed by atoms with Gasteiger partial charge in [0.2, 0.25) is 5.91 Å². The van der Waals surface area contributed by atoms with Crippen molar-refractivity contribution in [1.29, 1.82) is 0 Å². The van der Waals surface area contributed by atoms with Gasteiger partial charge in [-0.3, -0.25) is 4.79 Å². The minimum Gasteiger partial charge on any atom is -0.352 e. The van der Waals surface area contributed by atoms with Gasteiger partial charge in [0.05, 0.1) is 12.6 Å². The molecule has 1 saturated carbocycles. The van der Waals surface area contributed by atoms with Crippen molar-refractivity contribution in [3.05, 3.63) is 0 Å². The van der Waals surface area contributed by atoms with Gasteiger partial charge in [0.1, 0.15) is 6.10 Å². The average Bonchev–Trinajstić information content (AvgIpc) is 3.05. The Labute approximate surface area is 132 Å². The second-order valence-electron chi connectivity index (χ2n) is 6.27. The first-order valence-electron chi connectivity index (χ1n) is 8.10. The molecule has 2 aliphatic heterocycles. The molecule has 0 bridgehead atoms. The minimum atomic E-state index is -0.350. The molecule has 1 spiro atoms. The minimum absolute atomic E-state index is 0. The summed E-state index contributed by atoms with van der Waals surface area (Å²) in [5.41, 5.74) is 0. The van der Waals surface area contributed by atoms with Gasteiger partial charge in [-0.15, -0.1) is 12.4 Å². The van der Waals surface area contributed by atoms with Gasteiger partial charge < -0.3 is 20.1 Å². The van der Waals surface area contributed by atoms with E-state index in [1.807, 2.05) is 0 Å². The molecule has 1 amide bonds. The lowest BCUT2D eigenvalue weighted by Crippen LogP contribution is -2.44. The Balaban J connectivity index is 0.00000161. The Bertz CT molecular complexity index is 340. The number of ether oxygens (including phenoxy) is 2. The molecule has 2 unspecified atom stereocenters. The van der Waals surface area contributed by atoms with Crippen LogP contribution in [-0.4, -0.2) is 43.5 Å². The lowest BCUT2D eigenvalue weighted by atomic mass is 10.1. The maximum Gasteiger partial charge on any atom is 0.237 e. The van der Waals surface area contributed by atoms with Crippen molar-refractivity contribution in [2.24, 2.45) is 0 Å². The zero-order valence-electron chi connectivity index (χ0n) is 12.6. The molecule has 3 rings (SSSR count). The molecule has 122 valence electrons. The molecule has 3 aliphatic rings. The van der Waals surface area contributed by atoms with Gasteiger partial charge in [-0.05, 0) is 32.2 Å². The first kappa shape index (κ1) is 17.0. The normalized spacial score (nSPS) is 31.6. The molecule has 2 heterocycles. The molecule has 5 nitrogen and oxygen atoms in total. The van der Waals surface area contributed by atoms with Gasteiger partial charge in [-0.1, -0.05) is 12.8 Å². The lowest BCUT2D eigenvalue weighted by molar-refractivity contribution is -0.175. The molecule has 2 N–H and O–H groups in total. The average molecular weight is 319 g/mol. The fourth-order valence-electron chi connectivity index (χ4n) is 3.49. The van der Waals surface area contributed by atoms with Gasteiger partial charge >= 0.3 is 0 Å². The number of hydrogen-bond acceptors (Lipinski definition) is 4. The first-order chi connectivity index (χ1) is 9.77. The zero-order valence-corrected chi connectivity index (χ0v) is 13.4. The lowest BCUT2D eigenvalue weighted by Gasteiger charge is -2.26. The van der Waals surface area contributed by atoms with Crippen molar-refractivity contribution < 1.29 is 14.3 Å². The summed E-state index contributed by atoms with van der Waals surface area (Å²) >= 11 is 0. The number of carbonyl (C=O) groups excluding carboxylic acids is 1. The van der Waals surface area contributed by atoms with Crippen LogP contribution in [0.25, 0.3) is 0 Å². The van der Waals surface area contributed by atoms with Crippen LogP contribution in [0.3, 0.4) is 0 Å². The van der Waals surface area contributed by atoms with Crippen LogP contribution < -0.4 is 10.6 Å². The molecule has 0 aromatic heterocycles. The third kappa shape index (κ3) is 4.31. The Hall–Kier alpha value is -0.360. The Morgan fingerprint density at radius 1 is 1.19 bits per heavy atom.